The van der Waals surface area contributed by atoms with E-state index in [-0.39, 0.29) is 6.61 Å². The lowest BCUT2D eigenvalue weighted by Crippen LogP contribution is -2.12. The molecule has 1 aromatic heterocycles. The number of halogens is 1. The molecule has 0 bridgehead atoms. The minimum absolute atomic E-state index is 0.0168. The van der Waals surface area contributed by atoms with Gasteiger partial charge in [-0.05, 0) is 29.8 Å². The summed E-state index contributed by atoms with van der Waals surface area (Å²) in [7, 11) is 0. The van der Waals surface area contributed by atoms with E-state index in [1.165, 1.54) is 12.3 Å². The van der Waals surface area contributed by atoms with E-state index >= 15 is 0 Å². The van der Waals surface area contributed by atoms with Crippen LogP contribution in [0.1, 0.15) is 32.0 Å². The highest BCUT2D eigenvalue weighted by Crippen LogP contribution is 2.10. The molecule has 0 atom stereocenters. The van der Waals surface area contributed by atoms with Crippen LogP contribution < -0.4 is 5.73 Å². The van der Waals surface area contributed by atoms with Crippen LogP contribution in [0.4, 0.5) is 0 Å². The van der Waals surface area contributed by atoms with Crippen molar-refractivity contribution in [3.05, 3.63) is 65.0 Å². The Bertz CT molecular complexity index is 656. The number of nitrogens with two attached hydrogens (primary N) is 1. The van der Waals surface area contributed by atoms with Crippen molar-refractivity contribution in [2.75, 3.05) is 0 Å². The Balaban J connectivity index is 1.98. The van der Waals surface area contributed by atoms with Gasteiger partial charge in [0.1, 0.15) is 6.61 Å². The topological polar surface area (TPSA) is 82.3 Å². The second-order valence-electron chi connectivity index (χ2n) is 4.31. The molecule has 21 heavy (non-hydrogen) atoms. The first-order chi connectivity index (χ1) is 10.1. The number of carbonyl (C=O) groups is 2. The Morgan fingerprint density at radius 3 is 2.62 bits per heavy atom. The van der Waals surface area contributed by atoms with Crippen molar-refractivity contribution in [2.24, 2.45) is 5.73 Å². The Labute approximate surface area is 126 Å². The molecule has 0 radical (unpaired) electrons. The molecule has 0 aliphatic rings. The van der Waals surface area contributed by atoms with Gasteiger partial charge in [0.2, 0.25) is 5.91 Å². The van der Waals surface area contributed by atoms with Crippen LogP contribution in [0.25, 0.3) is 0 Å². The summed E-state index contributed by atoms with van der Waals surface area (Å²) in [6, 6.07) is 10.0. The number of nitrogens with zero attached hydrogens (tertiary/aromatic N) is 1. The predicted molar refractivity (Wildman–Crippen MR) is 77.9 cm³/mol. The molecule has 2 N–H and O–H groups in total. The predicted octanol–water partition coefficient (Wildman–Crippen LogP) is 2.28. The second kappa shape index (κ2) is 6.85. The highest BCUT2D eigenvalue weighted by atomic mass is 35.5. The number of pyridine rings is 1. The Morgan fingerprint density at radius 2 is 2.00 bits per heavy atom. The van der Waals surface area contributed by atoms with Gasteiger partial charge < -0.3 is 10.5 Å². The molecule has 1 amide bonds. The third-order valence-electron chi connectivity index (χ3n) is 2.78. The average molecular weight is 305 g/mol. The third kappa shape index (κ3) is 4.03. The van der Waals surface area contributed by atoms with E-state index in [9.17, 15) is 9.59 Å². The lowest BCUT2D eigenvalue weighted by atomic mass is 10.1. The molecule has 0 spiro atoms. The number of benzene rings is 1. The van der Waals surface area contributed by atoms with Crippen LogP contribution in [-0.4, -0.2) is 16.9 Å². The molecular formula is C15H13ClN2O3. The van der Waals surface area contributed by atoms with Crippen LogP contribution in [0, 0.1) is 0 Å². The summed E-state index contributed by atoms with van der Waals surface area (Å²) in [6.45, 7) is 0.0168. The van der Waals surface area contributed by atoms with Crippen LogP contribution in [-0.2, 0) is 17.2 Å². The van der Waals surface area contributed by atoms with Gasteiger partial charge in [0, 0.05) is 12.1 Å². The van der Waals surface area contributed by atoms with E-state index in [1.807, 2.05) is 6.07 Å². The summed E-state index contributed by atoms with van der Waals surface area (Å²) >= 11 is 5.72. The highest BCUT2D eigenvalue weighted by Gasteiger charge is 2.09. The number of rotatable bonds is 5. The largest absolute Gasteiger partial charge is 0.456 e. The molecule has 0 unspecified atom stereocenters. The number of carbonyl (C=O) groups excluding carboxylic acids is 2. The van der Waals surface area contributed by atoms with Gasteiger partial charge in [0.05, 0.1) is 16.8 Å². The number of primary amides is 1. The molecule has 108 valence electrons. The van der Waals surface area contributed by atoms with Crippen LogP contribution in [0.2, 0.25) is 0 Å². The molecule has 1 aromatic carbocycles. The van der Waals surface area contributed by atoms with E-state index in [0.717, 1.165) is 5.56 Å². The molecule has 0 aliphatic heterocycles. The fourth-order valence-electron chi connectivity index (χ4n) is 1.66. The lowest BCUT2D eigenvalue weighted by molar-refractivity contribution is 0.0467. The van der Waals surface area contributed by atoms with Crippen LogP contribution >= 0.6 is 11.6 Å². The second-order valence-corrected chi connectivity index (χ2v) is 4.58. The zero-order valence-electron chi connectivity index (χ0n) is 11.1. The maximum absolute atomic E-state index is 11.9. The molecular weight excluding hydrogens is 292 g/mol. The quantitative estimate of drug-likeness (QED) is 0.678. The summed E-state index contributed by atoms with van der Waals surface area (Å²) < 4.78 is 5.15. The molecule has 2 aromatic rings. The fraction of sp³-hybridized carbons (Fsp3) is 0.133. The Kier molecular flexibility index (Phi) is 4.90. The zero-order valence-corrected chi connectivity index (χ0v) is 11.8. The van der Waals surface area contributed by atoms with E-state index in [2.05, 4.69) is 4.98 Å². The average Bonchev–Trinajstić information content (AvgIpc) is 2.53. The minimum atomic E-state index is -0.552. The van der Waals surface area contributed by atoms with Crippen LogP contribution in [0.3, 0.4) is 0 Å². The van der Waals surface area contributed by atoms with E-state index < -0.39 is 11.9 Å². The van der Waals surface area contributed by atoms with E-state index in [0.29, 0.717) is 22.7 Å². The smallest absolute Gasteiger partial charge is 0.338 e. The van der Waals surface area contributed by atoms with Crippen molar-refractivity contribution in [1.82, 2.24) is 4.98 Å². The first-order valence-corrected chi connectivity index (χ1v) is 6.70. The van der Waals surface area contributed by atoms with Gasteiger partial charge in [0.15, 0.2) is 0 Å². The first kappa shape index (κ1) is 15.0. The highest BCUT2D eigenvalue weighted by molar-refractivity contribution is 6.17. The number of ether oxygens (including phenoxy) is 1. The molecule has 1 heterocycles. The molecule has 0 saturated carbocycles. The Morgan fingerprint density at radius 1 is 1.19 bits per heavy atom. The Hall–Kier alpha value is -2.40. The zero-order chi connectivity index (χ0) is 15.2. The summed E-state index contributed by atoms with van der Waals surface area (Å²) in [6.07, 6.45) is 1.35. The molecule has 0 fully saturated rings. The SMILES string of the molecule is NC(=O)c1ccc(COC(=O)c2cccc(CCl)c2)nc1. The lowest BCUT2D eigenvalue weighted by Gasteiger charge is -2.05. The number of hydrogen-bond acceptors (Lipinski definition) is 4. The van der Waals surface area contributed by atoms with Crippen molar-refractivity contribution in [3.8, 4) is 0 Å². The fourth-order valence-corrected chi connectivity index (χ4v) is 1.83. The standard InChI is InChI=1S/C15H13ClN2O3/c16-7-10-2-1-3-11(6-10)15(20)21-9-13-5-4-12(8-18-13)14(17)19/h1-6,8H,7,9H2,(H2,17,19). The normalized spacial score (nSPS) is 10.1. The van der Waals surface area contributed by atoms with E-state index in [4.69, 9.17) is 22.1 Å². The number of alkyl halides is 1. The molecule has 2 rings (SSSR count). The van der Waals surface area contributed by atoms with Gasteiger partial charge in [-0.1, -0.05) is 12.1 Å². The van der Waals surface area contributed by atoms with Crippen molar-refractivity contribution >= 4 is 23.5 Å². The van der Waals surface area contributed by atoms with Crippen molar-refractivity contribution in [2.45, 2.75) is 12.5 Å². The number of esters is 1. The summed E-state index contributed by atoms with van der Waals surface area (Å²) in [4.78, 5) is 26.8. The number of hydrogen-bond donors (Lipinski definition) is 1. The molecule has 5 nitrogen and oxygen atoms in total. The van der Waals surface area contributed by atoms with Gasteiger partial charge >= 0.3 is 5.97 Å². The van der Waals surface area contributed by atoms with Crippen LogP contribution in [0.5, 0.6) is 0 Å². The van der Waals surface area contributed by atoms with Gasteiger partial charge in [-0.25, -0.2) is 4.79 Å². The molecule has 0 saturated heterocycles. The monoisotopic (exact) mass is 304 g/mol. The molecule has 0 aliphatic carbocycles. The van der Waals surface area contributed by atoms with Gasteiger partial charge in [-0.15, -0.1) is 11.6 Å². The number of aromatic nitrogens is 1. The summed E-state index contributed by atoms with van der Waals surface area (Å²) in [5.41, 5.74) is 7.22. The molecule has 6 heteroatoms. The van der Waals surface area contributed by atoms with Crippen molar-refractivity contribution in [1.29, 1.82) is 0 Å². The van der Waals surface area contributed by atoms with E-state index in [1.54, 1.807) is 24.3 Å². The van der Waals surface area contributed by atoms with Gasteiger partial charge in [-0.3, -0.25) is 9.78 Å². The van der Waals surface area contributed by atoms with Crippen molar-refractivity contribution in [3.63, 3.8) is 0 Å². The first-order valence-electron chi connectivity index (χ1n) is 6.17. The summed E-state index contributed by atoms with van der Waals surface area (Å²) in [5, 5.41) is 0. The van der Waals surface area contributed by atoms with Gasteiger partial charge in [0.25, 0.3) is 0 Å². The minimum Gasteiger partial charge on any atom is -0.456 e. The summed E-state index contributed by atoms with van der Waals surface area (Å²) in [5.74, 6) is -0.677. The third-order valence-corrected chi connectivity index (χ3v) is 3.09. The number of amides is 1. The maximum Gasteiger partial charge on any atom is 0.338 e. The maximum atomic E-state index is 11.9. The van der Waals surface area contributed by atoms with Crippen molar-refractivity contribution < 1.29 is 14.3 Å². The van der Waals surface area contributed by atoms with Gasteiger partial charge in [-0.2, -0.15) is 0 Å². The van der Waals surface area contributed by atoms with Crippen LogP contribution in [0.15, 0.2) is 42.6 Å².